The number of hydrogen-bond acceptors (Lipinski definition) is 4. The number of nitrogens with zero attached hydrogens (tertiary/aromatic N) is 1. The standard InChI is InChI=1S/C17H28N2O2/c1-4-5-6-7-8-9-12-21-17(20)15-13-14(18)10-11-16(15)19(2)3/h10-11,13H,4-9,12,18H2,1-3H3. The first-order valence-corrected chi connectivity index (χ1v) is 7.80. The van der Waals surface area contributed by atoms with Crippen molar-refractivity contribution >= 4 is 17.3 Å². The summed E-state index contributed by atoms with van der Waals surface area (Å²) in [4.78, 5) is 14.0. The number of benzene rings is 1. The lowest BCUT2D eigenvalue weighted by Crippen LogP contribution is -2.16. The first-order valence-electron chi connectivity index (χ1n) is 7.80. The average Bonchev–Trinajstić information content (AvgIpc) is 2.45. The molecule has 0 aliphatic rings. The quantitative estimate of drug-likeness (QED) is 0.427. The highest BCUT2D eigenvalue weighted by atomic mass is 16.5. The summed E-state index contributed by atoms with van der Waals surface area (Å²) in [7, 11) is 3.80. The molecule has 0 aliphatic heterocycles. The van der Waals surface area contributed by atoms with E-state index in [-0.39, 0.29) is 5.97 Å². The van der Waals surface area contributed by atoms with Crippen LogP contribution in [-0.4, -0.2) is 26.7 Å². The molecule has 0 aromatic heterocycles. The van der Waals surface area contributed by atoms with Gasteiger partial charge in [-0.3, -0.25) is 0 Å². The normalized spacial score (nSPS) is 10.4. The highest BCUT2D eigenvalue weighted by molar-refractivity contribution is 5.96. The van der Waals surface area contributed by atoms with Crippen molar-refractivity contribution in [3.63, 3.8) is 0 Å². The number of anilines is 2. The van der Waals surface area contributed by atoms with Crippen LogP contribution in [0.5, 0.6) is 0 Å². The Morgan fingerprint density at radius 2 is 1.81 bits per heavy atom. The fourth-order valence-electron chi connectivity index (χ4n) is 2.23. The van der Waals surface area contributed by atoms with Gasteiger partial charge in [0.2, 0.25) is 0 Å². The van der Waals surface area contributed by atoms with Crippen LogP contribution in [0, 0.1) is 0 Å². The van der Waals surface area contributed by atoms with Crippen LogP contribution in [0.25, 0.3) is 0 Å². The van der Waals surface area contributed by atoms with Crippen molar-refractivity contribution in [1.82, 2.24) is 0 Å². The van der Waals surface area contributed by atoms with E-state index in [0.717, 1.165) is 18.5 Å². The third-order valence-electron chi connectivity index (χ3n) is 3.45. The van der Waals surface area contributed by atoms with Gasteiger partial charge in [0, 0.05) is 19.8 Å². The molecule has 0 bridgehead atoms. The van der Waals surface area contributed by atoms with E-state index < -0.39 is 0 Å². The van der Waals surface area contributed by atoms with Crippen LogP contribution in [-0.2, 0) is 4.74 Å². The molecule has 0 saturated carbocycles. The fraction of sp³-hybridized carbons (Fsp3) is 0.588. The number of nitrogens with two attached hydrogens (primary N) is 1. The van der Waals surface area contributed by atoms with Gasteiger partial charge in [-0.05, 0) is 24.6 Å². The number of unbranched alkanes of at least 4 members (excludes halogenated alkanes) is 5. The summed E-state index contributed by atoms with van der Waals surface area (Å²) < 4.78 is 5.36. The monoisotopic (exact) mass is 292 g/mol. The molecule has 0 spiro atoms. The maximum absolute atomic E-state index is 12.2. The summed E-state index contributed by atoms with van der Waals surface area (Å²) in [5.74, 6) is -0.292. The minimum Gasteiger partial charge on any atom is -0.462 e. The van der Waals surface area contributed by atoms with E-state index in [4.69, 9.17) is 10.5 Å². The van der Waals surface area contributed by atoms with Crippen LogP contribution in [0.1, 0.15) is 55.8 Å². The molecular formula is C17H28N2O2. The van der Waals surface area contributed by atoms with E-state index in [1.54, 1.807) is 12.1 Å². The zero-order valence-corrected chi connectivity index (χ0v) is 13.5. The maximum atomic E-state index is 12.2. The zero-order valence-electron chi connectivity index (χ0n) is 13.5. The molecule has 1 aromatic rings. The molecule has 4 heteroatoms. The highest BCUT2D eigenvalue weighted by Gasteiger charge is 2.14. The van der Waals surface area contributed by atoms with Crippen LogP contribution in [0.4, 0.5) is 11.4 Å². The third-order valence-corrected chi connectivity index (χ3v) is 3.45. The number of esters is 1. The van der Waals surface area contributed by atoms with Gasteiger partial charge in [-0.15, -0.1) is 0 Å². The highest BCUT2D eigenvalue weighted by Crippen LogP contribution is 2.22. The Hall–Kier alpha value is -1.71. The van der Waals surface area contributed by atoms with Gasteiger partial charge < -0.3 is 15.4 Å². The van der Waals surface area contributed by atoms with E-state index in [1.807, 2.05) is 25.1 Å². The molecule has 0 atom stereocenters. The molecule has 0 unspecified atom stereocenters. The largest absolute Gasteiger partial charge is 0.462 e. The minimum atomic E-state index is -0.292. The number of carbonyl (C=O) groups is 1. The Bertz CT molecular complexity index is 444. The molecule has 0 heterocycles. The second kappa shape index (κ2) is 9.27. The van der Waals surface area contributed by atoms with Gasteiger partial charge >= 0.3 is 5.97 Å². The van der Waals surface area contributed by atoms with Crippen LogP contribution in [0.15, 0.2) is 18.2 Å². The van der Waals surface area contributed by atoms with Crippen molar-refractivity contribution in [1.29, 1.82) is 0 Å². The van der Waals surface area contributed by atoms with E-state index in [0.29, 0.717) is 17.9 Å². The van der Waals surface area contributed by atoms with E-state index in [1.165, 1.54) is 25.7 Å². The SMILES string of the molecule is CCCCCCCCOC(=O)c1cc(N)ccc1N(C)C. The van der Waals surface area contributed by atoms with Gasteiger partial charge in [0.05, 0.1) is 17.9 Å². The van der Waals surface area contributed by atoms with Gasteiger partial charge in [0.15, 0.2) is 0 Å². The van der Waals surface area contributed by atoms with Gasteiger partial charge in [-0.2, -0.15) is 0 Å². The first kappa shape index (κ1) is 17.3. The predicted octanol–water partition coefficient (Wildman–Crippen LogP) is 3.85. The number of nitrogen functional groups attached to an aromatic ring is 1. The summed E-state index contributed by atoms with van der Waals surface area (Å²) in [5.41, 5.74) is 7.70. The topological polar surface area (TPSA) is 55.6 Å². The first-order chi connectivity index (χ1) is 10.1. The molecule has 1 aromatic carbocycles. The molecule has 0 amide bonds. The molecule has 0 saturated heterocycles. The molecular weight excluding hydrogens is 264 g/mol. The Balaban J connectivity index is 2.43. The summed E-state index contributed by atoms with van der Waals surface area (Å²) in [5, 5.41) is 0. The van der Waals surface area contributed by atoms with Crippen molar-refractivity contribution < 1.29 is 9.53 Å². The fourth-order valence-corrected chi connectivity index (χ4v) is 2.23. The number of hydrogen-bond donors (Lipinski definition) is 1. The average molecular weight is 292 g/mol. The van der Waals surface area contributed by atoms with Crippen molar-refractivity contribution in [2.75, 3.05) is 31.3 Å². The lowest BCUT2D eigenvalue weighted by atomic mass is 10.1. The Morgan fingerprint density at radius 3 is 2.48 bits per heavy atom. The van der Waals surface area contributed by atoms with E-state index in [2.05, 4.69) is 6.92 Å². The Kier molecular flexibility index (Phi) is 7.65. The predicted molar refractivity (Wildman–Crippen MR) is 88.8 cm³/mol. The third kappa shape index (κ3) is 6.06. The lowest BCUT2D eigenvalue weighted by molar-refractivity contribution is 0.0498. The van der Waals surface area contributed by atoms with Crippen LogP contribution < -0.4 is 10.6 Å². The van der Waals surface area contributed by atoms with Crippen LogP contribution in [0.3, 0.4) is 0 Å². The summed E-state index contributed by atoms with van der Waals surface area (Å²) >= 11 is 0. The van der Waals surface area contributed by atoms with Crippen molar-refractivity contribution in [3.05, 3.63) is 23.8 Å². The molecule has 2 N–H and O–H groups in total. The number of ether oxygens (including phenoxy) is 1. The molecule has 0 fully saturated rings. The van der Waals surface area contributed by atoms with Crippen LogP contribution in [0.2, 0.25) is 0 Å². The van der Waals surface area contributed by atoms with Gasteiger partial charge in [0.25, 0.3) is 0 Å². The number of rotatable bonds is 9. The molecule has 0 radical (unpaired) electrons. The van der Waals surface area contributed by atoms with Gasteiger partial charge in [-0.1, -0.05) is 39.0 Å². The molecule has 0 aliphatic carbocycles. The molecule has 1 rings (SSSR count). The van der Waals surface area contributed by atoms with E-state index >= 15 is 0 Å². The Morgan fingerprint density at radius 1 is 1.14 bits per heavy atom. The van der Waals surface area contributed by atoms with Crippen molar-refractivity contribution in [2.45, 2.75) is 45.4 Å². The summed E-state index contributed by atoms with van der Waals surface area (Å²) in [6.45, 7) is 2.68. The lowest BCUT2D eigenvalue weighted by Gasteiger charge is -2.17. The van der Waals surface area contributed by atoms with Crippen molar-refractivity contribution in [2.24, 2.45) is 0 Å². The molecule has 118 valence electrons. The maximum Gasteiger partial charge on any atom is 0.340 e. The second-order valence-corrected chi connectivity index (χ2v) is 5.57. The van der Waals surface area contributed by atoms with Crippen molar-refractivity contribution in [3.8, 4) is 0 Å². The zero-order chi connectivity index (χ0) is 15.7. The second-order valence-electron chi connectivity index (χ2n) is 5.57. The number of carbonyl (C=O) groups excluding carboxylic acids is 1. The minimum absolute atomic E-state index is 0.292. The summed E-state index contributed by atoms with van der Waals surface area (Å²) in [6.07, 6.45) is 7.06. The van der Waals surface area contributed by atoms with Gasteiger partial charge in [0.1, 0.15) is 0 Å². The smallest absolute Gasteiger partial charge is 0.340 e. The Labute approximate surface area is 128 Å². The molecule has 21 heavy (non-hydrogen) atoms. The van der Waals surface area contributed by atoms with Gasteiger partial charge in [-0.25, -0.2) is 4.79 Å². The van der Waals surface area contributed by atoms with Crippen LogP contribution >= 0.6 is 0 Å². The summed E-state index contributed by atoms with van der Waals surface area (Å²) in [6, 6.07) is 5.31. The molecule has 4 nitrogen and oxygen atoms in total. The van der Waals surface area contributed by atoms with E-state index in [9.17, 15) is 4.79 Å².